The van der Waals surface area contributed by atoms with E-state index in [1.54, 1.807) is 0 Å². The summed E-state index contributed by atoms with van der Waals surface area (Å²) in [6.07, 6.45) is 1.06. The minimum Gasteiger partial charge on any atom is -0.368 e. The number of nitrogens with two attached hydrogens (primary N) is 1. The number of nitrogens with zero attached hydrogens (tertiary/aromatic N) is 2. The summed E-state index contributed by atoms with van der Waals surface area (Å²) in [7, 11) is 0. The van der Waals surface area contributed by atoms with Crippen LogP contribution < -0.4 is 11.1 Å². The van der Waals surface area contributed by atoms with Crippen LogP contribution in [0, 0.1) is 12.7 Å². The summed E-state index contributed by atoms with van der Waals surface area (Å²) < 4.78 is 13.5. The smallest absolute Gasteiger partial charge is 0.222 e. The number of halogens is 1. The second-order valence-electron chi connectivity index (χ2n) is 4.20. The van der Waals surface area contributed by atoms with Crippen LogP contribution in [0.25, 0.3) is 0 Å². The largest absolute Gasteiger partial charge is 0.368 e. The van der Waals surface area contributed by atoms with Crippen LogP contribution in [0.4, 0.5) is 16.2 Å². The topological polar surface area (TPSA) is 63.8 Å². The van der Waals surface area contributed by atoms with Crippen molar-refractivity contribution in [3.05, 3.63) is 47.4 Å². The van der Waals surface area contributed by atoms with Crippen molar-refractivity contribution < 1.29 is 4.39 Å². The molecule has 1 aromatic carbocycles. The molecule has 5 heteroatoms. The Morgan fingerprint density at radius 3 is 2.61 bits per heavy atom. The summed E-state index contributed by atoms with van der Waals surface area (Å²) in [5.74, 6) is -0.339. The molecule has 0 radical (unpaired) electrons. The van der Waals surface area contributed by atoms with E-state index in [2.05, 4.69) is 15.3 Å². The highest BCUT2D eigenvalue weighted by molar-refractivity contribution is 5.42. The summed E-state index contributed by atoms with van der Waals surface area (Å²) in [5.41, 5.74) is 7.67. The molecule has 0 saturated carbocycles. The Morgan fingerprint density at radius 2 is 1.94 bits per heavy atom. The SMILES string of the molecule is Cc1ccc(C(C)Nc2nc(N)ncc2F)cc1. The zero-order valence-electron chi connectivity index (χ0n) is 10.3. The van der Waals surface area contributed by atoms with Gasteiger partial charge in [-0.1, -0.05) is 29.8 Å². The minimum atomic E-state index is -0.511. The van der Waals surface area contributed by atoms with Crippen LogP contribution in [0.3, 0.4) is 0 Å². The maximum atomic E-state index is 13.5. The van der Waals surface area contributed by atoms with Crippen LogP contribution in [-0.4, -0.2) is 9.97 Å². The first-order valence-corrected chi connectivity index (χ1v) is 5.67. The van der Waals surface area contributed by atoms with Crippen molar-refractivity contribution in [3.63, 3.8) is 0 Å². The number of hydrogen-bond donors (Lipinski definition) is 2. The molecule has 2 rings (SSSR count). The van der Waals surface area contributed by atoms with Crippen LogP contribution in [0.2, 0.25) is 0 Å². The maximum Gasteiger partial charge on any atom is 0.222 e. The Balaban J connectivity index is 2.18. The standard InChI is InChI=1S/C13H15FN4/c1-8-3-5-10(6-4-8)9(2)17-12-11(14)7-16-13(15)18-12/h3-7,9H,1-2H3,(H3,15,16,17,18). The maximum absolute atomic E-state index is 13.5. The third-order valence-corrected chi connectivity index (χ3v) is 2.69. The Bertz CT molecular complexity index is 539. The van der Waals surface area contributed by atoms with Gasteiger partial charge >= 0.3 is 0 Å². The molecule has 0 aliphatic heterocycles. The van der Waals surface area contributed by atoms with Gasteiger partial charge in [0.1, 0.15) is 0 Å². The molecule has 18 heavy (non-hydrogen) atoms. The van der Waals surface area contributed by atoms with Gasteiger partial charge in [0, 0.05) is 0 Å². The predicted molar refractivity (Wildman–Crippen MR) is 69.6 cm³/mol. The number of nitrogen functional groups attached to an aromatic ring is 1. The van der Waals surface area contributed by atoms with Crippen molar-refractivity contribution >= 4 is 11.8 Å². The number of aromatic nitrogens is 2. The molecule has 0 bridgehead atoms. The fourth-order valence-corrected chi connectivity index (χ4v) is 1.63. The molecule has 0 spiro atoms. The zero-order chi connectivity index (χ0) is 13.1. The average molecular weight is 246 g/mol. The van der Waals surface area contributed by atoms with Gasteiger partial charge in [-0.2, -0.15) is 4.98 Å². The Hall–Kier alpha value is -2.17. The molecule has 2 aromatic rings. The van der Waals surface area contributed by atoms with Crippen molar-refractivity contribution in [1.29, 1.82) is 0 Å². The van der Waals surface area contributed by atoms with E-state index < -0.39 is 5.82 Å². The average Bonchev–Trinajstić information content (AvgIpc) is 2.34. The molecule has 0 aliphatic carbocycles. The third kappa shape index (κ3) is 2.74. The molecule has 1 unspecified atom stereocenters. The highest BCUT2D eigenvalue weighted by Crippen LogP contribution is 2.20. The lowest BCUT2D eigenvalue weighted by Gasteiger charge is -2.15. The lowest BCUT2D eigenvalue weighted by atomic mass is 10.1. The van der Waals surface area contributed by atoms with Crippen molar-refractivity contribution in [2.75, 3.05) is 11.1 Å². The lowest BCUT2D eigenvalue weighted by molar-refractivity contribution is 0.614. The molecule has 94 valence electrons. The predicted octanol–water partition coefficient (Wildman–Crippen LogP) is 2.68. The van der Waals surface area contributed by atoms with Gasteiger partial charge in [-0.05, 0) is 19.4 Å². The van der Waals surface area contributed by atoms with Crippen molar-refractivity contribution in [2.24, 2.45) is 0 Å². The van der Waals surface area contributed by atoms with Gasteiger partial charge in [0.05, 0.1) is 12.2 Å². The van der Waals surface area contributed by atoms with Gasteiger partial charge in [-0.3, -0.25) is 0 Å². The van der Waals surface area contributed by atoms with Gasteiger partial charge in [-0.25, -0.2) is 9.37 Å². The van der Waals surface area contributed by atoms with E-state index in [1.807, 2.05) is 38.1 Å². The second kappa shape index (κ2) is 5.00. The first-order valence-electron chi connectivity index (χ1n) is 5.67. The van der Waals surface area contributed by atoms with E-state index in [0.29, 0.717) is 0 Å². The first kappa shape index (κ1) is 12.3. The Morgan fingerprint density at radius 1 is 1.28 bits per heavy atom. The number of anilines is 2. The number of rotatable bonds is 3. The fourth-order valence-electron chi connectivity index (χ4n) is 1.63. The van der Waals surface area contributed by atoms with E-state index in [0.717, 1.165) is 11.8 Å². The quantitative estimate of drug-likeness (QED) is 0.874. The van der Waals surface area contributed by atoms with Gasteiger partial charge in [0.15, 0.2) is 11.6 Å². The minimum absolute atomic E-state index is 0.0509. The Kier molecular flexibility index (Phi) is 3.41. The molecule has 0 amide bonds. The Labute approximate surface area is 105 Å². The molecule has 0 fully saturated rings. The third-order valence-electron chi connectivity index (χ3n) is 2.69. The molecular formula is C13H15FN4. The number of nitrogens with one attached hydrogen (secondary N) is 1. The molecule has 4 nitrogen and oxygen atoms in total. The van der Waals surface area contributed by atoms with E-state index in [4.69, 9.17) is 5.73 Å². The molecule has 0 aliphatic rings. The summed E-state index contributed by atoms with van der Waals surface area (Å²) in [4.78, 5) is 7.42. The molecular weight excluding hydrogens is 231 g/mol. The highest BCUT2D eigenvalue weighted by atomic mass is 19.1. The van der Waals surface area contributed by atoms with Gasteiger partial charge in [0.25, 0.3) is 0 Å². The van der Waals surface area contributed by atoms with Crippen LogP contribution in [0.15, 0.2) is 30.5 Å². The molecule has 1 aromatic heterocycles. The molecule has 3 N–H and O–H groups in total. The highest BCUT2D eigenvalue weighted by Gasteiger charge is 2.10. The summed E-state index contributed by atoms with van der Waals surface area (Å²) in [5, 5.41) is 2.98. The van der Waals surface area contributed by atoms with E-state index in [9.17, 15) is 4.39 Å². The summed E-state index contributed by atoms with van der Waals surface area (Å²) >= 11 is 0. The first-order chi connectivity index (χ1) is 8.56. The monoisotopic (exact) mass is 246 g/mol. The van der Waals surface area contributed by atoms with Crippen molar-refractivity contribution in [2.45, 2.75) is 19.9 Å². The van der Waals surface area contributed by atoms with Crippen molar-refractivity contribution in [1.82, 2.24) is 9.97 Å². The zero-order valence-corrected chi connectivity index (χ0v) is 10.3. The van der Waals surface area contributed by atoms with E-state index in [-0.39, 0.29) is 17.8 Å². The molecule has 1 heterocycles. The van der Waals surface area contributed by atoms with Gasteiger partial charge < -0.3 is 11.1 Å². The molecule has 1 atom stereocenters. The number of benzene rings is 1. The van der Waals surface area contributed by atoms with Crippen LogP contribution in [0.5, 0.6) is 0 Å². The lowest BCUT2D eigenvalue weighted by Crippen LogP contribution is -2.11. The van der Waals surface area contributed by atoms with E-state index in [1.165, 1.54) is 5.56 Å². The number of hydrogen-bond acceptors (Lipinski definition) is 4. The summed E-state index contributed by atoms with van der Waals surface area (Å²) in [6.45, 7) is 3.95. The van der Waals surface area contributed by atoms with Crippen molar-refractivity contribution in [3.8, 4) is 0 Å². The number of aryl methyl sites for hydroxylation is 1. The van der Waals surface area contributed by atoms with Gasteiger partial charge in [0.2, 0.25) is 5.95 Å². The fraction of sp³-hybridized carbons (Fsp3) is 0.231. The normalized spacial score (nSPS) is 12.2. The van der Waals surface area contributed by atoms with Crippen LogP contribution >= 0.6 is 0 Å². The molecule has 0 saturated heterocycles. The van der Waals surface area contributed by atoms with E-state index >= 15 is 0 Å². The van der Waals surface area contributed by atoms with Crippen LogP contribution in [-0.2, 0) is 0 Å². The second-order valence-corrected chi connectivity index (χ2v) is 4.20. The summed E-state index contributed by atoms with van der Waals surface area (Å²) in [6, 6.07) is 7.95. The van der Waals surface area contributed by atoms with Gasteiger partial charge in [-0.15, -0.1) is 0 Å². The van der Waals surface area contributed by atoms with Crippen LogP contribution in [0.1, 0.15) is 24.1 Å².